The predicted molar refractivity (Wildman–Crippen MR) is 82.7 cm³/mol. The summed E-state index contributed by atoms with van der Waals surface area (Å²) >= 11 is 0. The van der Waals surface area contributed by atoms with Crippen LogP contribution in [-0.4, -0.2) is 62.0 Å². The van der Waals surface area contributed by atoms with Crippen molar-refractivity contribution in [2.45, 2.75) is 69.1 Å². The van der Waals surface area contributed by atoms with E-state index in [9.17, 15) is 4.79 Å². The molecule has 3 aliphatic rings. The van der Waals surface area contributed by atoms with Crippen LogP contribution in [0.15, 0.2) is 0 Å². The van der Waals surface area contributed by atoms with Gasteiger partial charge in [0.05, 0.1) is 19.3 Å². The summed E-state index contributed by atoms with van der Waals surface area (Å²) in [5, 5.41) is 0. The third-order valence-corrected chi connectivity index (χ3v) is 5.57. The monoisotopic (exact) mass is 311 g/mol. The first-order valence-corrected chi connectivity index (χ1v) is 8.81. The number of nitrogens with zero attached hydrogens (tertiary/aromatic N) is 1. The Bertz CT molecular complexity index is 375. The zero-order valence-corrected chi connectivity index (χ0v) is 13.7. The molecular formula is C17H29NO4. The zero-order chi connectivity index (χ0) is 15.4. The van der Waals surface area contributed by atoms with E-state index in [0.717, 1.165) is 32.4 Å². The van der Waals surface area contributed by atoms with Gasteiger partial charge in [0.15, 0.2) is 0 Å². The van der Waals surface area contributed by atoms with Gasteiger partial charge in [-0.25, -0.2) is 0 Å². The van der Waals surface area contributed by atoms with Crippen LogP contribution in [0, 0.1) is 0 Å². The van der Waals surface area contributed by atoms with Crippen LogP contribution in [0.4, 0.5) is 0 Å². The third kappa shape index (κ3) is 3.31. The molecule has 0 amide bonds. The molecule has 2 heterocycles. The molecule has 1 saturated carbocycles. The van der Waals surface area contributed by atoms with Crippen LogP contribution in [0.2, 0.25) is 0 Å². The molecule has 5 heteroatoms. The van der Waals surface area contributed by atoms with Gasteiger partial charge < -0.3 is 14.2 Å². The lowest BCUT2D eigenvalue weighted by molar-refractivity contribution is -0.162. The Hall–Kier alpha value is -0.650. The highest BCUT2D eigenvalue weighted by Crippen LogP contribution is 2.34. The lowest BCUT2D eigenvalue weighted by Crippen LogP contribution is -2.57. The Kier molecular flexibility index (Phi) is 5.37. The molecule has 126 valence electrons. The second-order valence-electron chi connectivity index (χ2n) is 6.89. The minimum atomic E-state index is -0.488. The average Bonchev–Trinajstić information content (AvgIpc) is 3.04. The first-order chi connectivity index (χ1) is 10.7. The summed E-state index contributed by atoms with van der Waals surface area (Å²) in [6, 6.07) is 0. The van der Waals surface area contributed by atoms with Gasteiger partial charge in [0.1, 0.15) is 5.54 Å². The number of esters is 1. The van der Waals surface area contributed by atoms with Crippen molar-refractivity contribution >= 4 is 5.97 Å². The largest absolute Gasteiger partial charge is 0.468 e. The first kappa shape index (κ1) is 16.2. The highest BCUT2D eigenvalue weighted by atomic mass is 16.5. The molecule has 3 rings (SSSR count). The minimum Gasteiger partial charge on any atom is -0.468 e. The van der Waals surface area contributed by atoms with Crippen molar-refractivity contribution in [3.63, 3.8) is 0 Å². The van der Waals surface area contributed by atoms with E-state index in [2.05, 4.69) is 4.90 Å². The maximum absolute atomic E-state index is 12.4. The standard InChI is InChI=1S/C17H29NO4/c1-20-16(19)17(8-11-21-12-9-17)18-10-7-15(13-18)22-14-5-3-2-4-6-14/h14-15H,2-13H2,1H3/t15-/m1/s1. The van der Waals surface area contributed by atoms with Crippen LogP contribution in [-0.2, 0) is 19.0 Å². The Labute approximate surface area is 133 Å². The topological polar surface area (TPSA) is 48.0 Å². The van der Waals surface area contributed by atoms with Crippen molar-refractivity contribution in [1.82, 2.24) is 4.90 Å². The summed E-state index contributed by atoms with van der Waals surface area (Å²) in [6.45, 7) is 3.05. The Balaban J connectivity index is 1.60. The van der Waals surface area contributed by atoms with E-state index in [-0.39, 0.29) is 12.1 Å². The first-order valence-electron chi connectivity index (χ1n) is 8.81. The molecule has 0 aromatic heterocycles. The molecule has 2 saturated heterocycles. The highest BCUT2D eigenvalue weighted by molar-refractivity contribution is 5.81. The summed E-state index contributed by atoms with van der Waals surface area (Å²) in [6.07, 6.45) is 9.53. The summed E-state index contributed by atoms with van der Waals surface area (Å²) in [5.41, 5.74) is -0.488. The number of ether oxygens (including phenoxy) is 3. The van der Waals surface area contributed by atoms with Gasteiger partial charge in [-0.1, -0.05) is 19.3 Å². The highest BCUT2D eigenvalue weighted by Gasteiger charge is 2.48. The van der Waals surface area contributed by atoms with Gasteiger partial charge in [0.2, 0.25) is 0 Å². The molecule has 2 aliphatic heterocycles. The van der Waals surface area contributed by atoms with Gasteiger partial charge >= 0.3 is 5.97 Å². The van der Waals surface area contributed by atoms with Crippen LogP contribution < -0.4 is 0 Å². The van der Waals surface area contributed by atoms with Gasteiger partial charge in [-0.2, -0.15) is 0 Å². The van der Waals surface area contributed by atoms with Gasteiger partial charge in [0.25, 0.3) is 0 Å². The van der Waals surface area contributed by atoms with Crippen molar-refractivity contribution in [1.29, 1.82) is 0 Å². The zero-order valence-electron chi connectivity index (χ0n) is 13.7. The molecule has 1 aliphatic carbocycles. The fourth-order valence-electron chi connectivity index (χ4n) is 4.25. The maximum Gasteiger partial charge on any atom is 0.326 e. The van der Waals surface area contributed by atoms with Crippen LogP contribution in [0.5, 0.6) is 0 Å². The summed E-state index contributed by atoms with van der Waals surface area (Å²) < 4.78 is 16.9. The van der Waals surface area contributed by atoms with E-state index in [0.29, 0.717) is 19.3 Å². The molecule has 0 bridgehead atoms. The summed E-state index contributed by atoms with van der Waals surface area (Å²) in [4.78, 5) is 14.7. The van der Waals surface area contributed by atoms with Crippen molar-refractivity contribution in [2.75, 3.05) is 33.4 Å². The van der Waals surface area contributed by atoms with E-state index in [1.165, 1.54) is 39.2 Å². The molecule has 22 heavy (non-hydrogen) atoms. The Morgan fingerprint density at radius 1 is 1.09 bits per heavy atom. The molecule has 1 atom stereocenters. The fourth-order valence-corrected chi connectivity index (χ4v) is 4.25. The molecule has 0 N–H and O–H groups in total. The van der Waals surface area contributed by atoms with Gasteiger partial charge in [-0.05, 0) is 32.1 Å². The third-order valence-electron chi connectivity index (χ3n) is 5.57. The van der Waals surface area contributed by atoms with Crippen molar-refractivity contribution < 1.29 is 19.0 Å². The molecule has 3 fully saturated rings. The number of hydrogen-bond acceptors (Lipinski definition) is 5. The lowest BCUT2D eigenvalue weighted by atomic mass is 9.88. The molecule has 5 nitrogen and oxygen atoms in total. The normalized spacial score (nSPS) is 30.3. The SMILES string of the molecule is COC(=O)C1(N2CC[C@@H](OC3CCCCC3)C2)CCOCC1. The Morgan fingerprint density at radius 2 is 1.82 bits per heavy atom. The minimum absolute atomic E-state index is 0.103. The predicted octanol–water partition coefficient (Wildman–Crippen LogP) is 2.13. The van der Waals surface area contributed by atoms with Crippen LogP contribution in [0.3, 0.4) is 0 Å². The number of carbonyl (C=O) groups is 1. The van der Waals surface area contributed by atoms with E-state index in [1.54, 1.807) is 0 Å². The number of methoxy groups -OCH3 is 1. The van der Waals surface area contributed by atoms with Gasteiger partial charge in [-0.3, -0.25) is 9.69 Å². The smallest absolute Gasteiger partial charge is 0.326 e. The summed E-state index contributed by atoms with van der Waals surface area (Å²) in [5.74, 6) is -0.103. The second-order valence-corrected chi connectivity index (χ2v) is 6.89. The molecule has 0 radical (unpaired) electrons. The molecule has 0 unspecified atom stereocenters. The number of rotatable bonds is 4. The van der Waals surface area contributed by atoms with Crippen LogP contribution in [0.25, 0.3) is 0 Å². The maximum atomic E-state index is 12.4. The van der Waals surface area contributed by atoms with Crippen molar-refractivity contribution in [3.05, 3.63) is 0 Å². The Morgan fingerprint density at radius 3 is 2.50 bits per heavy atom. The van der Waals surface area contributed by atoms with Gasteiger partial charge in [0, 0.05) is 26.3 Å². The fraction of sp³-hybridized carbons (Fsp3) is 0.941. The van der Waals surface area contributed by atoms with E-state index in [4.69, 9.17) is 14.2 Å². The van der Waals surface area contributed by atoms with E-state index >= 15 is 0 Å². The summed E-state index contributed by atoms with van der Waals surface area (Å²) in [7, 11) is 1.49. The average molecular weight is 311 g/mol. The van der Waals surface area contributed by atoms with Crippen LogP contribution >= 0.6 is 0 Å². The van der Waals surface area contributed by atoms with Crippen LogP contribution in [0.1, 0.15) is 51.4 Å². The lowest BCUT2D eigenvalue weighted by Gasteiger charge is -2.41. The number of hydrogen-bond donors (Lipinski definition) is 0. The number of carbonyl (C=O) groups excluding carboxylic acids is 1. The number of likely N-dealkylation sites (tertiary alicyclic amines) is 1. The molecule has 0 aromatic carbocycles. The van der Waals surface area contributed by atoms with Gasteiger partial charge in [-0.15, -0.1) is 0 Å². The quantitative estimate of drug-likeness (QED) is 0.744. The molecule has 0 aromatic rings. The molecule has 0 spiro atoms. The second kappa shape index (κ2) is 7.28. The van der Waals surface area contributed by atoms with E-state index < -0.39 is 5.54 Å². The molecular weight excluding hydrogens is 282 g/mol. The van der Waals surface area contributed by atoms with Crippen molar-refractivity contribution in [3.8, 4) is 0 Å². The van der Waals surface area contributed by atoms with Crippen molar-refractivity contribution in [2.24, 2.45) is 0 Å². The van der Waals surface area contributed by atoms with E-state index in [1.807, 2.05) is 0 Å².